The second kappa shape index (κ2) is 5.60. The first kappa shape index (κ1) is 13.9. The minimum absolute atomic E-state index is 0.0135. The molecule has 19 heavy (non-hydrogen) atoms. The molecule has 1 aromatic heterocycles. The second-order valence-electron chi connectivity index (χ2n) is 3.85. The van der Waals surface area contributed by atoms with E-state index in [1.165, 1.54) is 12.1 Å². The lowest BCUT2D eigenvalue weighted by Crippen LogP contribution is -2.28. The Morgan fingerprint density at radius 2 is 2.21 bits per heavy atom. The lowest BCUT2D eigenvalue weighted by Gasteiger charge is -2.09. The third-order valence-electron chi connectivity index (χ3n) is 2.46. The Morgan fingerprint density at radius 3 is 2.89 bits per heavy atom. The maximum absolute atomic E-state index is 12.1. The molecule has 0 bridgehead atoms. The molecule has 0 unspecified atom stereocenters. The summed E-state index contributed by atoms with van der Waals surface area (Å²) in [5, 5.41) is 4.30. The van der Waals surface area contributed by atoms with E-state index < -0.39 is 10.0 Å². The predicted octanol–water partition coefficient (Wildman–Crippen LogP) is 1.10. The molecule has 0 aliphatic carbocycles. The van der Waals surface area contributed by atoms with Gasteiger partial charge in [0, 0.05) is 24.0 Å². The zero-order valence-electron chi connectivity index (χ0n) is 9.95. The second-order valence-corrected chi connectivity index (χ2v) is 6.02. The average Bonchev–Trinajstić information content (AvgIpc) is 2.85. The minimum atomic E-state index is -3.67. The fourth-order valence-electron chi connectivity index (χ4n) is 1.55. The molecule has 0 atom stereocenters. The minimum Gasteiger partial charge on any atom is -0.398 e. The van der Waals surface area contributed by atoms with E-state index in [0.29, 0.717) is 11.6 Å². The van der Waals surface area contributed by atoms with Gasteiger partial charge in [0.05, 0.1) is 12.2 Å². The normalized spacial score (nSPS) is 11.6. The molecule has 0 saturated carbocycles. The van der Waals surface area contributed by atoms with Crippen molar-refractivity contribution in [2.75, 3.05) is 12.3 Å². The maximum atomic E-state index is 12.1. The summed E-state index contributed by atoms with van der Waals surface area (Å²) < 4.78 is 28.2. The molecule has 0 saturated heterocycles. The molecule has 0 amide bonds. The van der Waals surface area contributed by atoms with E-state index >= 15 is 0 Å². The molecule has 102 valence electrons. The number of hydrogen-bond donors (Lipinski definition) is 2. The van der Waals surface area contributed by atoms with Crippen LogP contribution < -0.4 is 10.5 Å². The summed E-state index contributed by atoms with van der Waals surface area (Å²) in [6.07, 6.45) is 3.38. The largest absolute Gasteiger partial charge is 0.398 e. The number of halogens is 1. The average molecular weight is 301 g/mol. The molecule has 0 fully saturated rings. The van der Waals surface area contributed by atoms with Gasteiger partial charge in [0.15, 0.2) is 0 Å². The Bertz CT molecular complexity index is 655. The van der Waals surface area contributed by atoms with E-state index in [1.54, 1.807) is 29.2 Å². The Kier molecular flexibility index (Phi) is 4.08. The number of rotatable bonds is 5. The topological polar surface area (TPSA) is 90.0 Å². The van der Waals surface area contributed by atoms with E-state index in [0.717, 1.165) is 0 Å². The molecule has 0 spiro atoms. The molecule has 0 aliphatic rings. The quantitative estimate of drug-likeness (QED) is 0.809. The van der Waals surface area contributed by atoms with Gasteiger partial charge in [-0.2, -0.15) is 5.10 Å². The lowest BCUT2D eigenvalue weighted by molar-refractivity contribution is 0.561. The molecular formula is C11H13ClN4O2S. The maximum Gasteiger partial charge on any atom is 0.242 e. The van der Waals surface area contributed by atoms with Gasteiger partial charge in [-0.05, 0) is 24.3 Å². The highest BCUT2D eigenvalue weighted by Gasteiger charge is 2.17. The van der Waals surface area contributed by atoms with Crippen LogP contribution in [0.2, 0.25) is 5.02 Å². The van der Waals surface area contributed by atoms with Crippen molar-refractivity contribution in [2.45, 2.75) is 11.4 Å². The van der Waals surface area contributed by atoms with Crippen LogP contribution in [-0.2, 0) is 16.6 Å². The Hall–Kier alpha value is -1.57. The number of aromatic nitrogens is 2. The van der Waals surface area contributed by atoms with Crippen LogP contribution >= 0.6 is 11.6 Å². The van der Waals surface area contributed by atoms with Crippen LogP contribution in [0.4, 0.5) is 5.69 Å². The van der Waals surface area contributed by atoms with Crippen molar-refractivity contribution in [3.05, 3.63) is 41.7 Å². The van der Waals surface area contributed by atoms with Crippen LogP contribution in [0, 0.1) is 0 Å². The molecular weight excluding hydrogens is 288 g/mol. The van der Waals surface area contributed by atoms with Gasteiger partial charge in [-0.25, -0.2) is 13.1 Å². The van der Waals surface area contributed by atoms with Gasteiger partial charge >= 0.3 is 0 Å². The summed E-state index contributed by atoms with van der Waals surface area (Å²) >= 11 is 5.78. The number of nitrogens with two attached hydrogens (primary N) is 1. The number of nitrogens with one attached hydrogen (secondary N) is 1. The highest BCUT2D eigenvalue weighted by Crippen LogP contribution is 2.22. The van der Waals surface area contributed by atoms with Crippen LogP contribution in [0.15, 0.2) is 41.6 Å². The Labute approximate surface area is 116 Å². The number of hydrogen-bond acceptors (Lipinski definition) is 4. The van der Waals surface area contributed by atoms with Gasteiger partial charge in [0.25, 0.3) is 0 Å². The highest BCUT2D eigenvalue weighted by molar-refractivity contribution is 7.89. The summed E-state index contributed by atoms with van der Waals surface area (Å²) in [4.78, 5) is -0.0135. The van der Waals surface area contributed by atoms with Crippen LogP contribution in [0.1, 0.15) is 0 Å². The van der Waals surface area contributed by atoms with Crippen molar-refractivity contribution in [3.63, 3.8) is 0 Å². The van der Waals surface area contributed by atoms with E-state index in [9.17, 15) is 8.42 Å². The number of nitrogens with zero attached hydrogens (tertiary/aromatic N) is 2. The van der Waals surface area contributed by atoms with Crippen molar-refractivity contribution >= 4 is 27.3 Å². The summed E-state index contributed by atoms with van der Waals surface area (Å²) in [5.74, 6) is 0. The van der Waals surface area contributed by atoms with Gasteiger partial charge in [-0.1, -0.05) is 11.6 Å². The fraction of sp³-hybridized carbons (Fsp3) is 0.182. The summed E-state index contributed by atoms with van der Waals surface area (Å²) in [7, 11) is -3.67. The van der Waals surface area contributed by atoms with Gasteiger partial charge in [0.1, 0.15) is 4.90 Å². The van der Waals surface area contributed by atoms with Crippen molar-refractivity contribution in [2.24, 2.45) is 0 Å². The molecule has 0 aliphatic heterocycles. The monoisotopic (exact) mass is 300 g/mol. The zero-order chi connectivity index (χ0) is 13.9. The molecule has 8 heteroatoms. The molecule has 0 radical (unpaired) electrons. The molecule has 1 aromatic carbocycles. The highest BCUT2D eigenvalue weighted by atomic mass is 35.5. The Morgan fingerprint density at radius 1 is 1.42 bits per heavy atom. The van der Waals surface area contributed by atoms with Gasteiger partial charge < -0.3 is 5.73 Å². The molecule has 1 heterocycles. The third kappa shape index (κ3) is 3.46. The smallest absolute Gasteiger partial charge is 0.242 e. The van der Waals surface area contributed by atoms with Crippen LogP contribution in [0.25, 0.3) is 0 Å². The van der Waals surface area contributed by atoms with Gasteiger partial charge in [-0.3, -0.25) is 4.68 Å². The standard InChI is InChI=1S/C11H13ClN4O2S/c12-9-2-3-10(13)11(8-9)19(17,18)15-5-7-16-6-1-4-14-16/h1-4,6,8,15H,5,7,13H2. The summed E-state index contributed by atoms with van der Waals surface area (Å²) in [5.41, 5.74) is 5.81. The van der Waals surface area contributed by atoms with Crippen molar-refractivity contribution in [1.29, 1.82) is 0 Å². The van der Waals surface area contributed by atoms with Crippen molar-refractivity contribution in [3.8, 4) is 0 Å². The fourth-order valence-corrected chi connectivity index (χ4v) is 2.96. The number of nitrogen functional groups attached to an aromatic ring is 1. The number of anilines is 1. The molecule has 2 aromatic rings. The zero-order valence-corrected chi connectivity index (χ0v) is 11.5. The summed E-state index contributed by atoms with van der Waals surface area (Å²) in [6, 6.07) is 6.10. The third-order valence-corrected chi connectivity index (χ3v) is 4.21. The van der Waals surface area contributed by atoms with Crippen LogP contribution in [0.3, 0.4) is 0 Å². The van der Waals surface area contributed by atoms with E-state index in [4.69, 9.17) is 17.3 Å². The van der Waals surface area contributed by atoms with E-state index in [1.807, 2.05) is 0 Å². The van der Waals surface area contributed by atoms with Crippen LogP contribution in [0.5, 0.6) is 0 Å². The number of benzene rings is 1. The van der Waals surface area contributed by atoms with Gasteiger partial charge in [0.2, 0.25) is 10.0 Å². The first-order valence-corrected chi connectivity index (χ1v) is 7.37. The lowest BCUT2D eigenvalue weighted by atomic mass is 10.3. The Balaban J connectivity index is 2.07. The molecule has 6 nitrogen and oxygen atoms in total. The first-order chi connectivity index (χ1) is 8.99. The first-order valence-electron chi connectivity index (χ1n) is 5.51. The van der Waals surface area contributed by atoms with E-state index in [2.05, 4.69) is 9.82 Å². The van der Waals surface area contributed by atoms with Gasteiger partial charge in [-0.15, -0.1) is 0 Å². The number of sulfonamides is 1. The SMILES string of the molecule is Nc1ccc(Cl)cc1S(=O)(=O)NCCn1cccn1. The summed E-state index contributed by atoms with van der Waals surface area (Å²) in [6.45, 7) is 0.655. The molecule has 2 rings (SSSR count). The van der Waals surface area contributed by atoms with Crippen LogP contribution in [-0.4, -0.2) is 24.7 Å². The van der Waals surface area contributed by atoms with Crippen molar-refractivity contribution < 1.29 is 8.42 Å². The van der Waals surface area contributed by atoms with Crippen molar-refractivity contribution in [1.82, 2.24) is 14.5 Å². The predicted molar refractivity (Wildman–Crippen MR) is 73.3 cm³/mol. The molecule has 3 N–H and O–H groups in total. The van der Waals surface area contributed by atoms with E-state index in [-0.39, 0.29) is 17.1 Å².